The van der Waals surface area contributed by atoms with Crippen molar-refractivity contribution in [3.63, 3.8) is 0 Å². The standard InChI is InChI=1S/C12H24N2O4/c1-4-8(3)11(12(16)17)14-10(15)6-9(7-13)18-5-2/h8-9,11H,4-7,13H2,1-3H3,(H,14,15)(H,16,17). The van der Waals surface area contributed by atoms with Gasteiger partial charge < -0.3 is 20.9 Å². The minimum Gasteiger partial charge on any atom is -0.480 e. The van der Waals surface area contributed by atoms with E-state index in [1.54, 1.807) is 6.92 Å². The zero-order valence-corrected chi connectivity index (χ0v) is 11.3. The Morgan fingerprint density at radius 3 is 2.39 bits per heavy atom. The Morgan fingerprint density at radius 2 is 2.00 bits per heavy atom. The highest BCUT2D eigenvalue weighted by Gasteiger charge is 2.26. The fourth-order valence-corrected chi connectivity index (χ4v) is 1.57. The average Bonchev–Trinajstić information content (AvgIpc) is 2.34. The third-order valence-electron chi connectivity index (χ3n) is 2.87. The normalized spacial score (nSPS) is 15.8. The van der Waals surface area contributed by atoms with Crippen molar-refractivity contribution in [1.82, 2.24) is 5.32 Å². The van der Waals surface area contributed by atoms with Gasteiger partial charge in [0.15, 0.2) is 0 Å². The molecule has 1 amide bonds. The summed E-state index contributed by atoms with van der Waals surface area (Å²) in [5, 5.41) is 11.6. The van der Waals surface area contributed by atoms with Crippen LogP contribution in [-0.2, 0) is 14.3 Å². The molecular weight excluding hydrogens is 236 g/mol. The van der Waals surface area contributed by atoms with Crippen molar-refractivity contribution in [2.45, 2.75) is 45.8 Å². The van der Waals surface area contributed by atoms with Crippen LogP contribution >= 0.6 is 0 Å². The summed E-state index contributed by atoms with van der Waals surface area (Å²) in [5.74, 6) is -1.47. The summed E-state index contributed by atoms with van der Waals surface area (Å²) in [7, 11) is 0. The molecule has 0 rings (SSSR count). The number of ether oxygens (including phenoxy) is 1. The maximum absolute atomic E-state index is 11.7. The minimum absolute atomic E-state index is 0.0879. The van der Waals surface area contributed by atoms with Crippen LogP contribution in [0.1, 0.15) is 33.6 Å². The van der Waals surface area contributed by atoms with Crippen molar-refractivity contribution < 1.29 is 19.4 Å². The molecular formula is C12H24N2O4. The van der Waals surface area contributed by atoms with E-state index in [1.807, 2.05) is 13.8 Å². The zero-order chi connectivity index (χ0) is 14.1. The molecule has 4 N–H and O–H groups in total. The monoisotopic (exact) mass is 260 g/mol. The summed E-state index contributed by atoms with van der Waals surface area (Å²) in [5.41, 5.74) is 5.46. The predicted molar refractivity (Wildman–Crippen MR) is 68.1 cm³/mol. The van der Waals surface area contributed by atoms with Gasteiger partial charge in [0.2, 0.25) is 5.91 Å². The van der Waals surface area contributed by atoms with E-state index >= 15 is 0 Å². The number of nitrogens with two attached hydrogens (primary N) is 1. The molecule has 0 aromatic carbocycles. The van der Waals surface area contributed by atoms with Gasteiger partial charge in [0.25, 0.3) is 0 Å². The predicted octanol–water partition coefficient (Wildman–Crippen LogP) is 0.356. The maximum Gasteiger partial charge on any atom is 0.326 e. The van der Waals surface area contributed by atoms with E-state index in [-0.39, 0.29) is 30.9 Å². The smallest absolute Gasteiger partial charge is 0.326 e. The first-order valence-electron chi connectivity index (χ1n) is 6.30. The molecule has 0 aliphatic heterocycles. The van der Waals surface area contributed by atoms with Gasteiger partial charge in [0.05, 0.1) is 12.5 Å². The van der Waals surface area contributed by atoms with Gasteiger partial charge >= 0.3 is 5.97 Å². The molecule has 3 atom stereocenters. The molecule has 0 bridgehead atoms. The fourth-order valence-electron chi connectivity index (χ4n) is 1.57. The Morgan fingerprint density at radius 1 is 1.39 bits per heavy atom. The minimum atomic E-state index is -1.02. The lowest BCUT2D eigenvalue weighted by atomic mass is 9.99. The Hall–Kier alpha value is -1.14. The molecule has 0 aromatic rings. The van der Waals surface area contributed by atoms with Crippen molar-refractivity contribution in [1.29, 1.82) is 0 Å². The summed E-state index contributed by atoms with van der Waals surface area (Å²) in [4.78, 5) is 22.8. The van der Waals surface area contributed by atoms with E-state index in [0.29, 0.717) is 13.0 Å². The number of carbonyl (C=O) groups excluding carboxylic acids is 1. The van der Waals surface area contributed by atoms with Gasteiger partial charge in [0, 0.05) is 13.2 Å². The Labute approximate surface area is 108 Å². The summed E-state index contributed by atoms with van der Waals surface area (Å²) in [6.45, 7) is 6.21. The molecule has 0 saturated heterocycles. The van der Waals surface area contributed by atoms with E-state index < -0.39 is 12.0 Å². The molecule has 0 spiro atoms. The van der Waals surface area contributed by atoms with Gasteiger partial charge in [-0.25, -0.2) is 4.79 Å². The highest BCUT2D eigenvalue weighted by atomic mass is 16.5. The van der Waals surface area contributed by atoms with Gasteiger partial charge in [-0.2, -0.15) is 0 Å². The number of aliphatic carboxylic acids is 1. The van der Waals surface area contributed by atoms with Crippen molar-refractivity contribution >= 4 is 11.9 Å². The number of rotatable bonds is 9. The molecule has 0 aliphatic rings. The molecule has 0 heterocycles. The van der Waals surface area contributed by atoms with Crippen molar-refractivity contribution in [3.05, 3.63) is 0 Å². The average molecular weight is 260 g/mol. The van der Waals surface area contributed by atoms with Crippen molar-refractivity contribution in [3.8, 4) is 0 Å². The third-order valence-corrected chi connectivity index (χ3v) is 2.87. The number of carboxylic acids is 1. The first kappa shape index (κ1) is 16.9. The number of carbonyl (C=O) groups is 2. The number of amides is 1. The van der Waals surface area contributed by atoms with E-state index in [0.717, 1.165) is 0 Å². The lowest BCUT2D eigenvalue weighted by Gasteiger charge is -2.21. The second-order valence-electron chi connectivity index (χ2n) is 4.29. The van der Waals surface area contributed by atoms with Crippen LogP contribution in [0, 0.1) is 5.92 Å². The fraction of sp³-hybridized carbons (Fsp3) is 0.833. The molecule has 106 valence electrons. The topological polar surface area (TPSA) is 102 Å². The van der Waals surface area contributed by atoms with Gasteiger partial charge in [-0.3, -0.25) is 4.79 Å². The van der Waals surface area contributed by atoms with E-state index in [1.165, 1.54) is 0 Å². The van der Waals surface area contributed by atoms with Crippen LogP contribution in [-0.4, -0.2) is 42.3 Å². The van der Waals surface area contributed by atoms with Gasteiger partial charge in [-0.1, -0.05) is 20.3 Å². The van der Waals surface area contributed by atoms with Crippen LogP contribution in [0.4, 0.5) is 0 Å². The second kappa shape index (κ2) is 8.88. The maximum atomic E-state index is 11.7. The van der Waals surface area contributed by atoms with Crippen LogP contribution in [0.25, 0.3) is 0 Å². The third kappa shape index (κ3) is 5.97. The van der Waals surface area contributed by atoms with Crippen molar-refractivity contribution in [2.24, 2.45) is 11.7 Å². The summed E-state index contributed by atoms with van der Waals surface area (Å²) < 4.78 is 5.26. The van der Waals surface area contributed by atoms with Crippen LogP contribution < -0.4 is 11.1 Å². The molecule has 6 heteroatoms. The lowest BCUT2D eigenvalue weighted by molar-refractivity contribution is -0.143. The molecule has 0 saturated carbocycles. The summed E-state index contributed by atoms with van der Waals surface area (Å²) >= 11 is 0. The van der Waals surface area contributed by atoms with E-state index in [2.05, 4.69) is 5.32 Å². The molecule has 0 fully saturated rings. The van der Waals surface area contributed by atoms with Gasteiger partial charge in [-0.15, -0.1) is 0 Å². The first-order chi connectivity index (χ1) is 8.46. The van der Waals surface area contributed by atoms with E-state index in [9.17, 15) is 9.59 Å². The highest BCUT2D eigenvalue weighted by molar-refractivity contribution is 5.83. The van der Waals surface area contributed by atoms with Crippen LogP contribution in [0.15, 0.2) is 0 Å². The largest absolute Gasteiger partial charge is 0.480 e. The molecule has 0 aliphatic carbocycles. The highest BCUT2D eigenvalue weighted by Crippen LogP contribution is 2.08. The van der Waals surface area contributed by atoms with Crippen LogP contribution in [0.2, 0.25) is 0 Å². The number of hydrogen-bond donors (Lipinski definition) is 3. The lowest BCUT2D eigenvalue weighted by Crippen LogP contribution is -2.46. The molecule has 6 nitrogen and oxygen atoms in total. The quantitative estimate of drug-likeness (QED) is 0.555. The Balaban J connectivity index is 4.37. The van der Waals surface area contributed by atoms with Crippen LogP contribution in [0.5, 0.6) is 0 Å². The number of carboxylic acid groups (broad SMARTS) is 1. The number of hydrogen-bond acceptors (Lipinski definition) is 4. The SMILES string of the molecule is CCOC(CN)CC(=O)NC(C(=O)O)C(C)CC. The van der Waals surface area contributed by atoms with Gasteiger partial charge in [0.1, 0.15) is 6.04 Å². The van der Waals surface area contributed by atoms with E-state index in [4.69, 9.17) is 15.6 Å². The summed E-state index contributed by atoms with van der Waals surface area (Å²) in [6, 6.07) is -0.859. The Kier molecular flexibility index (Phi) is 8.32. The number of nitrogens with one attached hydrogen (secondary N) is 1. The van der Waals surface area contributed by atoms with Crippen molar-refractivity contribution in [2.75, 3.05) is 13.2 Å². The second-order valence-corrected chi connectivity index (χ2v) is 4.29. The zero-order valence-electron chi connectivity index (χ0n) is 11.3. The summed E-state index contributed by atoms with van der Waals surface area (Å²) in [6.07, 6.45) is 0.412. The van der Waals surface area contributed by atoms with Crippen LogP contribution in [0.3, 0.4) is 0 Å². The molecule has 18 heavy (non-hydrogen) atoms. The Bertz CT molecular complexity index is 271. The molecule has 0 radical (unpaired) electrons. The molecule has 0 aromatic heterocycles. The van der Waals surface area contributed by atoms with Gasteiger partial charge in [-0.05, 0) is 12.8 Å². The molecule has 3 unspecified atom stereocenters. The first-order valence-corrected chi connectivity index (χ1v) is 6.30.